The molecule has 3 rings (SSSR count). The number of hydrogen-bond acceptors (Lipinski definition) is 0. The SMILES string of the molecule is C(=Cc1cccc(C=Cc2ccccc2)c1)c1ccccc1.CC.CC.CC. The summed E-state index contributed by atoms with van der Waals surface area (Å²) in [5.41, 5.74) is 4.85. The quantitative estimate of drug-likeness (QED) is 0.400. The van der Waals surface area contributed by atoms with Crippen molar-refractivity contribution in [3.63, 3.8) is 0 Å². The smallest absolute Gasteiger partial charge is 0.0251 e. The third kappa shape index (κ3) is 10.3. The predicted molar refractivity (Wildman–Crippen MR) is 131 cm³/mol. The van der Waals surface area contributed by atoms with Crippen LogP contribution < -0.4 is 0 Å². The standard InChI is InChI=1S/C22H18.3C2H6/c1-3-8-19(9-4-1)14-16-21-12-7-13-22(18-21)17-15-20-10-5-2-6-11-20;3*1-2/h1-18H;3*1-2H3. The van der Waals surface area contributed by atoms with Crippen molar-refractivity contribution in [1.29, 1.82) is 0 Å². The van der Waals surface area contributed by atoms with E-state index in [1.54, 1.807) is 0 Å². The van der Waals surface area contributed by atoms with Gasteiger partial charge in [-0.1, -0.05) is 145 Å². The van der Waals surface area contributed by atoms with Crippen molar-refractivity contribution in [1.82, 2.24) is 0 Å². The fraction of sp³-hybridized carbons (Fsp3) is 0.214. The molecule has 0 aliphatic carbocycles. The summed E-state index contributed by atoms with van der Waals surface area (Å²) in [5.74, 6) is 0. The molecule has 0 aliphatic heterocycles. The first kappa shape index (κ1) is 25.1. The van der Waals surface area contributed by atoms with Crippen LogP contribution in [0.5, 0.6) is 0 Å². The van der Waals surface area contributed by atoms with Gasteiger partial charge in [-0.05, 0) is 28.3 Å². The van der Waals surface area contributed by atoms with Gasteiger partial charge in [0.2, 0.25) is 0 Å². The van der Waals surface area contributed by atoms with Crippen molar-refractivity contribution >= 4 is 24.3 Å². The van der Waals surface area contributed by atoms with Crippen LogP contribution in [0.4, 0.5) is 0 Å². The molecule has 0 saturated heterocycles. The fourth-order valence-electron chi connectivity index (χ4n) is 2.28. The summed E-state index contributed by atoms with van der Waals surface area (Å²) in [6, 6.07) is 29.2. The number of benzene rings is 3. The van der Waals surface area contributed by atoms with Crippen LogP contribution in [-0.2, 0) is 0 Å². The van der Waals surface area contributed by atoms with E-state index in [1.807, 2.05) is 53.7 Å². The van der Waals surface area contributed by atoms with Crippen molar-refractivity contribution in [3.8, 4) is 0 Å². The second-order valence-electron chi connectivity index (χ2n) is 5.16. The van der Waals surface area contributed by atoms with Crippen molar-refractivity contribution < 1.29 is 0 Å². The van der Waals surface area contributed by atoms with Crippen molar-refractivity contribution in [2.45, 2.75) is 41.5 Å². The molecule has 0 spiro atoms. The monoisotopic (exact) mass is 372 g/mol. The maximum atomic E-state index is 2.19. The summed E-state index contributed by atoms with van der Waals surface area (Å²) in [6.45, 7) is 12.0. The molecule has 3 aromatic carbocycles. The van der Waals surface area contributed by atoms with Crippen LogP contribution in [0.1, 0.15) is 63.8 Å². The first-order chi connectivity index (χ1) is 13.9. The Kier molecular flexibility index (Phi) is 15.8. The Hall–Kier alpha value is -2.86. The van der Waals surface area contributed by atoms with Crippen LogP contribution in [-0.4, -0.2) is 0 Å². The Morgan fingerprint density at radius 2 is 0.643 bits per heavy atom. The summed E-state index contributed by atoms with van der Waals surface area (Å²) in [6.07, 6.45) is 8.57. The molecule has 3 aromatic rings. The van der Waals surface area contributed by atoms with Gasteiger partial charge in [-0.3, -0.25) is 0 Å². The van der Waals surface area contributed by atoms with E-state index in [0.717, 1.165) is 0 Å². The predicted octanol–water partition coefficient (Wildman–Crippen LogP) is 9.11. The topological polar surface area (TPSA) is 0 Å². The van der Waals surface area contributed by atoms with E-state index in [1.165, 1.54) is 22.3 Å². The summed E-state index contributed by atoms with van der Waals surface area (Å²) >= 11 is 0. The lowest BCUT2D eigenvalue weighted by Gasteiger charge is -1.98. The molecule has 0 heteroatoms. The van der Waals surface area contributed by atoms with Crippen LogP contribution in [0.25, 0.3) is 24.3 Å². The molecule has 0 N–H and O–H groups in total. The van der Waals surface area contributed by atoms with Crippen LogP contribution >= 0.6 is 0 Å². The van der Waals surface area contributed by atoms with Crippen LogP contribution in [0, 0.1) is 0 Å². The van der Waals surface area contributed by atoms with Gasteiger partial charge < -0.3 is 0 Å². The zero-order chi connectivity index (χ0) is 21.0. The van der Waals surface area contributed by atoms with E-state index in [0.29, 0.717) is 0 Å². The summed E-state index contributed by atoms with van der Waals surface area (Å²) in [5, 5.41) is 0. The summed E-state index contributed by atoms with van der Waals surface area (Å²) in [4.78, 5) is 0. The Morgan fingerprint density at radius 1 is 0.357 bits per heavy atom. The maximum absolute atomic E-state index is 2.19. The lowest BCUT2D eigenvalue weighted by molar-refractivity contribution is 1.50. The van der Waals surface area contributed by atoms with Gasteiger partial charge in [0.1, 0.15) is 0 Å². The molecule has 0 amide bonds. The van der Waals surface area contributed by atoms with Gasteiger partial charge in [-0.15, -0.1) is 0 Å². The normalized spacial score (nSPS) is 9.50. The second kappa shape index (κ2) is 17.5. The van der Waals surface area contributed by atoms with E-state index in [-0.39, 0.29) is 0 Å². The van der Waals surface area contributed by atoms with Crippen molar-refractivity contribution in [3.05, 3.63) is 107 Å². The average Bonchev–Trinajstić information content (AvgIpc) is 2.82. The highest BCUT2D eigenvalue weighted by molar-refractivity contribution is 5.74. The molecule has 148 valence electrons. The zero-order valence-electron chi connectivity index (χ0n) is 18.4. The molecule has 0 bridgehead atoms. The molecule has 0 aromatic heterocycles. The lowest BCUT2D eigenvalue weighted by Crippen LogP contribution is -1.76. The molecule has 0 radical (unpaired) electrons. The Bertz CT molecular complexity index is 701. The van der Waals surface area contributed by atoms with Crippen LogP contribution in [0.3, 0.4) is 0 Å². The van der Waals surface area contributed by atoms with Gasteiger partial charge in [-0.25, -0.2) is 0 Å². The van der Waals surface area contributed by atoms with Gasteiger partial charge in [-0.2, -0.15) is 0 Å². The van der Waals surface area contributed by atoms with Crippen LogP contribution in [0.15, 0.2) is 84.9 Å². The fourth-order valence-corrected chi connectivity index (χ4v) is 2.28. The van der Waals surface area contributed by atoms with Gasteiger partial charge in [0.25, 0.3) is 0 Å². The molecule has 0 fully saturated rings. The molecule has 0 aliphatic rings. The van der Waals surface area contributed by atoms with E-state index < -0.39 is 0 Å². The number of rotatable bonds is 4. The molecule has 0 heterocycles. The average molecular weight is 373 g/mol. The first-order valence-electron chi connectivity index (χ1n) is 10.5. The first-order valence-corrected chi connectivity index (χ1v) is 10.5. The molecule has 0 unspecified atom stereocenters. The van der Waals surface area contributed by atoms with E-state index in [4.69, 9.17) is 0 Å². The largest absolute Gasteiger partial charge is 0.0683 e. The third-order valence-electron chi connectivity index (χ3n) is 3.45. The molecular formula is C28H36. The molecular weight excluding hydrogens is 336 g/mol. The minimum atomic E-state index is 1.21. The Morgan fingerprint density at radius 3 is 1.00 bits per heavy atom. The summed E-state index contributed by atoms with van der Waals surface area (Å²) < 4.78 is 0. The van der Waals surface area contributed by atoms with E-state index in [2.05, 4.69) is 97.1 Å². The molecule has 0 nitrogen and oxygen atoms in total. The van der Waals surface area contributed by atoms with Crippen molar-refractivity contribution in [2.75, 3.05) is 0 Å². The lowest BCUT2D eigenvalue weighted by atomic mass is 10.1. The molecule has 0 saturated carbocycles. The maximum Gasteiger partial charge on any atom is -0.0251 e. The molecule has 0 atom stereocenters. The molecule has 28 heavy (non-hydrogen) atoms. The minimum Gasteiger partial charge on any atom is -0.0683 e. The highest BCUT2D eigenvalue weighted by Crippen LogP contribution is 2.13. The number of hydrogen-bond donors (Lipinski definition) is 0. The van der Waals surface area contributed by atoms with Gasteiger partial charge in [0.15, 0.2) is 0 Å². The highest BCUT2D eigenvalue weighted by atomic mass is 14.0. The van der Waals surface area contributed by atoms with Crippen LogP contribution in [0.2, 0.25) is 0 Å². The Labute approximate surface area is 173 Å². The highest BCUT2D eigenvalue weighted by Gasteiger charge is 1.91. The van der Waals surface area contributed by atoms with E-state index in [9.17, 15) is 0 Å². The second-order valence-corrected chi connectivity index (χ2v) is 5.16. The van der Waals surface area contributed by atoms with Crippen molar-refractivity contribution in [2.24, 2.45) is 0 Å². The van der Waals surface area contributed by atoms with Gasteiger partial charge in [0.05, 0.1) is 0 Å². The minimum absolute atomic E-state index is 1.21. The van der Waals surface area contributed by atoms with Gasteiger partial charge in [0, 0.05) is 0 Å². The van der Waals surface area contributed by atoms with Gasteiger partial charge >= 0.3 is 0 Å². The van der Waals surface area contributed by atoms with E-state index >= 15 is 0 Å². The Balaban J connectivity index is 0.00000111. The zero-order valence-corrected chi connectivity index (χ0v) is 18.4. The third-order valence-corrected chi connectivity index (χ3v) is 3.45. The summed E-state index contributed by atoms with van der Waals surface area (Å²) in [7, 11) is 0.